The molecule has 100 valence electrons. The number of aliphatic carboxylic acids is 1. The van der Waals surface area contributed by atoms with E-state index in [0.717, 1.165) is 4.88 Å². The molecule has 0 spiro atoms. The van der Waals surface area contributed by atoms with Crippen molar-refractivity contribution in [2.45, 2.75) is 26.3 Å². The second-order valence-electron chi connectivity index (χ2n) is 4.10. The number of carboxylic acids is 1. The molecule has 0 bridgehead atoms. The topological polar surface area (TPSA) is 82.5 Å². The minimum Gasteiger partial charge on any atom is -0.481 e. The van der Waals surface area contributed by atoms with Crippen molar-refractivity contribution in [3.05, 3.63) is 10.6 Å². The van der Waals surface area contributed by atoms with Gasteiger partial charge in [-0.3, -0.25) is 9.59 Å². The Bertz CT molecular complexity index is 443. The highest BCUT2D eigenvalue weighted by molar-refractivity contribution is 7.15. The molecule has 1 rings (SSSR count). The maximum Gasteiger partial charge on any atom is 0.309 e. The summed E-state index contributed by atoms with van der Waals surface area (Å²) in [4.78, 5) is 29.0. The predicted octanol–water partition coefficient (Wildman–Crippen LogP) is 1.18. The van der Waals surface area contributed by atoms with E-state index in [-0.39, 0.29) is 12.3 Å². The number of nitrogens with zero attached hydrogens (tertiary/aromatic N) is 2. The quantitative estimate of drug-likeness (QED) is 0.812. The molecule has 0 radical (unpaired) electrons. The van der Waals surface area contributed by atoms with E-state index in [2.05, 4.69) is 10.3 Å². The number of aromatic nitrogens is 1. The Morgan fingerprint density at radius 2 is 2.11 bits per heavy atom. The second-order valence-corrected chi connectivity index (χ2v) is 5.18. The number of anilines is 1. The Hall–Kier alpha value is -1.47. The fourth-order valence-electron chi connectivity index (χ4n) is 1.34. The van der Waals surface area contributed by atoms with Gasteiger partial charge in [-0.2, -0.15) is 0 Å². The Morgan fingerprint density at radius 3 is 2.61 bits per heavy atom. The van der Waals surface area contributed by atoms with Crippen LogP contribution in [0.15, 0.2) is 0 Å². The van der Waals surface area contributed by atoms with Gasteiger partial charge >= 0.3 is 5.97 Å². The molecule has 0 aromatic carbocycles. The Morgan fingerprint density at radius 1 is 1.44 bits per heavy atom. The number of hydrogen-bond acceptors (Lipinski definition) is 5. The Balaban J connectivity index is 2.91. The summed E-state index contributed by atoms with van der Waals surface area (Å²) in [5.74, 6) is -1.05. The van der Waals surface area contributed by atoms with Gasteiger partial charge in [-0.1, -0.05) is 6.92 Å². The highest BCUT2D eigenvalue weighted by Gasteiger charge is 2.15. The lowest BCUT2D eigenvalue weighted by Crippen LogP contribution is -2.12. The molecule has 0 aliphatic rings. The molecular weight excluding hydrogens is 254 g/mol. The number of rotatable bonds is 6. The zero-order valence-corrected chi connectivity index (χ0v) is 11.5. The van der Waals surface area contributed by atoms with Crippen molar-refractivity contribution < 1.29 is 14.7 Å². The third kappa shape index (κ3) is 4.42. The highest BCUT2D eigenvalue weighted by atomic mass is 32.1. The van der Waals surface area contributed by atoms with Gasteiger partial charge in [0.05, 0.1) is 12.1 Å². The molecule has 18 heavy (non-hydrogen) atoms. The smallest absolute Gasteiger partial charge is 0.309 e. The van der Waals surface area contributed by atoms with Gasteiger partial charge in [0.2, 0.25) is 5.91 Å². The van der Waals surface area contributed by atoms with Crippen LogP contribution in [0.25, 0.3) is 0 Å². The molecule has 0 saturated carbocycles. The highest BCUT2D eigenvalue weighted by Crippen LogP contribution is 2.24. The monoisotopic (exact) mass is 271 g/mol. The number of carbonyl (C=O) groups is 2. The first kappa shape index (κ1) is 14.6. The Kier molecular flexibility index (Phi) is 5.24. The van der Waals surface area contributed by atoms with E-state index in [1.807, 2.05) is 19.0 Å². The normalized spacial score (nSPS) is 10.7. The largest absolute Gasteiger partial charge is 0.481 e. The van der Waals surface area contributed by atoms with E-state index in [4.69, 9.17) is 5.11 Å². The summed E-state index contributed by atoms with van der Waals surface area (Å²) in [7, 11) is 3.79. The molecule has 1 aromatic rings. The van der Waals surface area contributed by atoms with Gasteiger partial charge in [0.25, 0.3) is 0 Å². The van der Waals surface area contributed by atoms with E-state index in [1.165, 1.54) is 11.3 Å². The van der Waals surface area contributed by atoms with Crippen molar-refractivity contribution in [2.75, 3.05) is 19.4 Å². The molecule has 0 aliphatic heterocycles. The van der Waals surface area contributed by atoms with E-state index < -0.39 is 5.97 Å². The average Bonchev–Trinajstić information content (AvgIpc) is 2.58. The standard InChI is InChI=1S/C11H17N3O3S/c1-4-9(15)13-11-12-7(5-10(16)17)8(18-11)6-14(2)3/h4-6H2,1-3H3,(H,16,17)(H,12,13,15). The van der Waals surface area contributed by atoms with Gasteiger partial charge < -0.3 is 15.3 Å². The minimum absolute atomic E-state index is 0.123. The molecule has 1 amide bonds. The maximum atomic E-state index is 11.3. The SMILES string of the molecule is CCC(=O)Nc1nc(CC(=O)O)c(CN(C)C)s1. The zero-order valence-electron chi connectivity index (χ0n) is 10.7. The number of amides is 1. The van der Waals surface area contributed by atoms with E-state index in [0.29, 0.717) is 23.8 Å². The molecule has 1 heterocycles. The second kappa shape index (κ2) is 6.46. The number of carbonyl (C=O) groups excluding carboxylic acids is 1. The molecule has 0 aliphatic carbocycles. The lowest BCUT2D eigenvalue weighted by Gasteiger charge is -2.07. The molecule has 0 unspecified atom stereocenters. The van der Waals surface area contributed by atoms with Crippen molar-refractivity contribution >= 4 is 28.3 Å². The first-order valence-corrected chi connectivity index (χ1v) is 6.39. The summed E-state index contributed by atoms with van der Waals surface area (Å²) in [5, 5.41) is 11.9. The molecule has 0 fully saturated rings. The van der Waals surface area contributed by atoms with E-state index in [1.54, 1.807) is 6.92 Å². The van der Waals surface area contributed by atoms with Gasteiger partial charge in [0, 0.05) is 17.8 Å². The van der Waals surface area contributed by atoms with Crippen LogP contribution in [0, 0.1) is 0 Å². The predicted molar refractivity (Wildman–Crippen MR) is 69.8 cm³/mol. The minimum atomic E-state index is -0.923. The van der Waals surface area contributed by atoms with Crippen LogP contribution in [0.3, 0.4) is 0 Å². The molecule has 7 heteroatoms. The summed E-state index contributed by atoms with van der Waals surface area (Å²) in [6, 6.07) is 0. The summed E-state index contributed by atoms with van der Waals surface area (Å²) < 4.78 is 0. The van der Waals surface area contributed by atoms with Crippen LogP contribution in [0.4, 0.5) is 5.13 Å². The van der Waals surface area contributed by atoms with Crippen molar-refractivity contribution in [3.8, 4) is 0 Å². The first-order valence-electron chi connectivity index (χ1n) is 5.57. The number of thiazole rings is 1. The molecule has 1 aromatic heterocycles. The lowest BCUT2D eigenvalue weighted by molar-refractivity contribution is -0.136. The van der Waals surface area contributed by atoms with E-state index >= 15 is 0 Å². The molecule has 0 atom stereocenters. The fourth-order valence-corrected chi connectivity index (χ4v) is 2.45. The summed E-state index contributed by atoms with van der Waals surface area (Å²) >= 11 is 1.33. The summed E-state index contributed by atoms with van der Waals surface area (Å²) in [6.07, 6.45) is 0.249. The van der Waals surface area contributed by atoms with Crippen LogP contribution in [0.5, 0.6) is 0 Å². The summed E-state index contributed by atoms with van der Waals surface area (Å²) in [5.41, 5.74) is 0.521. The molecule has 2 N–H and O–H groups in total. The van der Waals surface area contributed by atoms with E-state index in [9.17, 15) is 9.59 Å². The van der Waals surface area contributed by atoms with Crippen LogP contribution in [0.2, 0.25) is 0 Å². The first-order chi connectivity index (χ1) is 8.42. The van der Waals surface area contributed by atoms with Crippen LogP contribution in [-0.2, 0) is 22.6 Å². The van der Waals surface area contributed by atoms with Crippen LogP contribution in [0.1, 0.15) is 23.9 Å². The molecule has 6 nitrogen and oxygen atoms in total. The molecular formula is C11H17N3O3S. The van der Waals surface area contributed by atoms with Crippen molar-refractivity contribution in [2.24, 2.45) is 0 Å². The van der Waals surface area contributed by atoms with Gasteiger partial charge in [0.15, 0.2) is 5.13 Å². The number of hydrogen-bond donors (Lipinski definition) is 2. The third-order valence-corrected chi connectivity index (χ3v) is 3.12. The van der Waals surface area contributed by atoms with Crippen molar-refractivity contribution in [1.29, 1.82) is 0 Å². The van der Waals surface area contributed by atoms with Gasteiger partial charge in [-0.25, -0.2) is 4.98 Å². The van der Waals surface area contributed by atoms with Crippen LogP contribution in [-0.4, -0.2) is 41.0 Å². The molecule has 0 saturated heterocycles. The Labute approximate surface area is 110 Å². The van der Waals surface area contributed by atoms with Gasteiger partial charge in [-0.05, 0) is 14.1 Å². The van der Waals surface area contributed by atoms with Crippen molar-refractivity contribution in [3.63, 3.8) is 0 Å². The zero-order chi connectivity index (χ0) is 13.7. The van der Waals surface area contributed by atoms with Crippen LogP contribution < -0.4 is 5.32 Å². The lowest BCUT2D eigenvalue weighted by atomic mass is 10.2. The summed E-state index contributed by atoms with van der Waals surface area (Å²) in [6.45, 7) is 2.37. The average molecular weight is 271 g/mol. The number of nitrogens with one attached hydrogen (secondary N) is 1. The van der Waals surface area contributed by atoms with Crippen LogP contribution >= 0.6 is 11.3 Å². The maximum absolute atomic E-state index is 11.3. The van der Waals surface area contributed by atoms with Crippen molar-refractivity contribution in [1.82, 2.24) is 9.88 Å². The van der Waals surface area contributed by atoms with Gasteiger partial charge in [-0.15, -0.1) is 11.3 Å². The number of carboxylic acid groups (broad SMARTS) is 1. The third-order valence-electron chi connectivity index (χ3n) is 2.12. The fraction of sp³-hybridized carbons (Fsp3) is 0.545. The van der Waals surface area contributed by atoms with Gasteiger partial charge in [0.1, 0.15) is 0 Å².